The molecule has 0 unspecified atom stereocenters. The van der Waals surface area contributed by atoms with Gasteiger partial charge in [-0.15, -0.1) is 0 Å². The first-order chi connectivity index (χ1) is 29.2. The van der Waals surface area contributed by atoms with E-state index in [2.05, 4.69) is 0 Å². The molecule has 0 N–H and O–H groups in total. The molecule has 2 aromatic heterocycles. The molecule has 310 valence electrons. The van der Waals surface area contributed by atoms with Crippen molar-refractivity contribution in [1.82, 2.24) is 9.13 Å². The van der Waals surface area contributed by atoms with Gasteiger partial charge in [0.2, 0.25) is 0 Å². The first-order valence-corrected chi connectivity index (χ1v) is 18.4. The number of hydrogen-bond acceptors (Lipinski definition) is 1. The van der Waals surface area contributed by atoms with E-state index in [1.807, 2.05) is 6.07 Å². The van der Waals surface area contributed by atoms with Gasteiger partial charge in [0.25, 0.3) is 0 Å². The van der Waals surface area contributed by atoms with E-state index >= 15 is 0 Å². The van der Waals surface area contributed by atoms with E-state index < -0.39 is 52.5 Å². The van der Waals surface area contributed by atoms with E-state index in [1.165, 1.54) is 48.5 Å². The summed E-state index contributed by atoms with van der Waals surface area (Å²) in [5.41, 5.74) is -3.90. The zero-order valence-electron chi connectivity index (χ0n) is 31.2. The van der Waals surface area contributed by atoms with E-state index in [0.29, 0.717) is 33.9 Å². The van der Waals surface area contributed by atoms with Crippen molar-refractivity contribution in [2.24, 2.45) is 0 Å². The van der Waals surface area contributed by atoms with E-state index in [4.69, 9.17) is 0 Å². The maximum atomic E-state index is 14.7. The average Bonchev–Trinajstić information content (AvgIpc) is 3.74. The van der Waals surface area contributed by atoms with Gasteiger partial charge in [-0.05, 0) is 102 Å². The number of nitrogens with zero attached hydrogens (tertiary/aromatic N) is 3. The van der Waals surface area contributed by atoms with Crippen molar-refractivity contribution in [3.8, 4) is 39.7 Å². The minimum absolute atomic E-state index is 0.00312. The Hall–Kier alpha value is -7.21. The number of benzene rings is 7. The van der Waals surface area contributed by atoms with Gasteiger partial charge in [0.15, 0.2) is 0 Å². The van der Waals surface area contributed by atoms with Gasteiger partial charge < -0.3 is 9.13 Å². The number of hydrogen-bond donors (Lipinski definition) is 0. The Bertz CT molecular complexity index is 3320. The number of alkyl halides is 12. The van der Waals surface area contributed by atoms with Crippen LogP contribution in [0.15, 0.2) is 140 Å². The summed E-state index contributed by atoms with van der Waals surface area (Å²) in [5.74, 6) is 0. The van der Waals surface area contributed by atoms with Crippen molar-refractivity contribution in [1.29, 1.82) is 5.26 Å². The van der Waals surface area contributed by atoms with Crippen molar-refractivity contribution < 1.29 is 52.7 Å². The van der Waals surface area contributed by atoms with Crippen LogP contribution in [0.25, 0.3) is 77.2 Å². The maximum absolute atomic E-state index is 14.7. The Morgan fingerprint density at radius 3 is 1.29 bits per heavy atom. The maximum Gasteiger partial charge on any atom is 0.417 e. The lowest BCUT2D eigenvalue weighted by atomic mass is 9.92. The first kappa shape index (κ1) is 40.2. The Labute approximate surface area is 341 Å². The summed E-state index contributed by atoms with van der Waals surface area (Å²) in [5, 5.41) is 11.3. The second kappa shape index (κ2) is 13.9. The molecule has 0 atom stereocenters. The molecule has 2 heterocycles. The number of aromatic nitrogens is 2. The lowest BCUT2D eigenvalue weighted by Crippen LogP contribution is -2.12. The Morgan fingerprint density at radius 2 is 0.806 bits per heavy atom. The van der Waals surface area contributed by atoms with Crippen LogP contribution >= 0.6 is 0 Å². The summed E-state index contributed by atoms with van der Waals surface area (Å²) >= 11 is 0. The second-order valence-corrected chi connectivity index (χ2v) is 14.5. The van der Waals surface area contributed by atoms with Crippen LogP contribution in [0.4, 0.5) is 52.7 Å². The van der Waals surface area contributed by atoms with Gasteiger partial charge in [0.1, 0.15) is 0 Å². The van der Waals surface area contributed by atoms with Crippen LogP contribution in [0.3, 0.4) is 0 Å². The fourth-order valence-electron chi connectivity index (χ4n) is 8.15. The molecule has 0 aliphatic rings. The topological polar surface area (TPSA) is 33.6 Å². The second-order valence-electron chi connectivity index (χ2n) is 14.5. The van der Waals surface area contributed by atoms with Gasteiger partial charge in [-0.3, -0.25) is 0 Å². The van der Waals surface area contributed by atoms with Crippen LogP contribution in [-0.4, -0.2) is 9.13 Å². The predicted octanol–water partition coefficient (Wildman–Crippen LogP) is 15.2. The highest BCUT2D eigenvalue weighted by atomic mass is 19.4. The van der Waals surface area contributed by atoms with Gasteiger partial charge in [-0.25, -0.2) is 0 Å². The number of fused-ring (bicyclic) bond motifs is 6. The van der Waals surface area contributed by atoms with Gasteiger partial charge in [-0.1, -0.05) is 48.5 Å². The highest BCUT2D eigenvalue weighted by molar-refractivity contribution is 6.12. The van der Waals surface area contributed by atoms with Crippen molar-refractivity contribution in [3.05, 3.63) is 167 Å². The van der Waals surface area contributed by atoms with E-state index in [1.54, 1.807) is 57.7 Å². The molecule has 3 nitrogen and oxygen atoms in total. The van der Waals surface area contributed by atoms with E-state index in [-0.39, 0.29) is 61.5 Å². The van der Waals surface area contributed by atoms with Gasteiger partial charge >= 0.3 is 24.7 Å². The third-order valence-corrected chi connectivity index (χ3v) is 10.9. The normalized spacial score (nSPS) is 12.8. The Kier molecular flexibility index (Phi) is 9.02. The predicted molar refractivity (Wildman–Crippen MR) is 211 cm³/mol. The lowest BCUT2D eigenvalue weighted by Gasteiger charge is -2.21. The summed E-state index contributed by atoms with van der Waals surface area (Å²) in [6, 6.07) is 30.7. The van der Waals surface area contributed by atoms with Crippen LogP contribution in [0.1, 0.15) is 27.8 Å². The fourth-order valence-corrected chi connectivity index (χ4v) is 8.15. The van der Waals surface area contributed by atoms with Gasteiger partial charge in [0, 0.05) is 32.7 Å². The highest BCUT2D eigenvalue weighted by Crippen LogP contribution is 2.47. The average molecular weight is 858 g/mol. The fraction of sp³-hybridized carbons (Fsp3) is 0.0851. The molecule has 62 heavy (non-hydrogen) atoms. The number of para-hydroxylation sites is 2. The Morgan fingerprint density at radius 1 is 0.371 bits per heavy atom. The summed E-state index contributed by atoms with van der Waals surface area (Å²) in [4.78, 5) is 0. The monoisotopic (exact) mass is 857 g/mol. The highest BCUT2D eigenvalue weighted by Gasteiger charge is 2.39. The van der Waals surface area contributed by atoms with Crippen LogP contribution in [-0.2, 0) is 24.7 Å². The van der Waals surface area contributed by atoms with E-state index in [0.717, 1.165) is 24.3 Å². The van der Waals surface area contributed by atoms with Crippen molar-refractivity contribution >= 4 is 43.6 Å². The molecule has 15 heteroatoms. The molecule has 0 fully saturated rings. The molecule has 0 saturated carbocycles. The quantitative estimate of drug-likeness (QED) is 0.162. The Balaban J connectivity index is 1.42. The minimum Gasteiger partial charge on any atom is -0.309 e. The number of rotatable bonds is 4. The number of halogens is 12. The summed E-state index contributed by atoms with van der Waals surface area (Å²) < 4.78 is 173. The van der Waals surface area contributed by atoms with Crippen molar-refractivity contribution in [2.45, 2.75) is 24.7 Å². The van der Waals surface area contributed by atoms with Crippen molar-refractivity contribution in [3.63, 3.8) is 0 Å². The van der Waals surface area contributed by atoms with Crippen molar-refractivity contribution in [2.75, 3.05) is 0 Å². The lowest BCUT2D eigenvalue weighted by molar-refractivity contribution is -0.143. The smallest absolute Gasteiger partial charge is 0.309 e. The van der Waals surface area contributed by atoms with Crippen LogP contribution in [0.2, 0.25) is 0 Å². The third-order valence-electron chi connectivity index (χ3n) is 10.9. The SMILES string of the molecule is N#Cc1ccc(-n2c3ccccc3c3cc(C(F)(F)F)ccc32)c(-c2cc(-c3ccc(C(F)(F)F)cc3C(F)(F)F)ccc2-n2c3ccccc3c3cc(C(F)(F)F)ccc32)c1. The molecule has 7 aromatic carbocycles. The van der Waals surface area contributed by atoms with Crippen LogP contribution in [0, 0.1) is 11.3 Å². The third kappa shape index (κ3) is 6.66. The van der Waals surface area contributed by atoms with Gasteiger partial charge in [0.05, 0.1) is 67.3 Å². The van der Waals surface area contributed by atoms with Crippen LogP contribution in [0.5, 0.6) is 0 Å². The largest absolute Gasteiger partial charge is 0.417 e. The van der Waals surface area contributed by atoms with Crippen LogP contribution < -0.4 is 0 Å². The molecule has 0 aliphatic heterocycles. The standard InChI is InChI=1S/C47H23F12N3/c48-44(49,50)27-12-17-42-35(21-27)31-5-1-3-7-38(31)61(42)40-15-9-25(24-60)19-33(40)34-20-26(30-14-11-29(46(54,55)56)23-37(30)47(57,58)59)10-16-41(34)62-39-8-4-2-6-32(39)36-22-28(45(51,52)53)13-18-43(36)62/h1-23H. The molecular weight excluding hydrogens is 835 g/mol. The summed E-state index contributed by atoms with van der Waals surface area (Å²) in [6.45, 7) is 0. The van der Waals surface area contributed by atoms with Gasteiger partial charge in [-0.2, -0.15) is 57.9 Å². The molecule has 0 bridgehead atoms. The molecular formula is C47H23F12N3. The zero-order chi connectivity index (χ0) is 44.1. The first-order valence-electron chi connectivity index (χ1n) is 18.4. The van der Waals surface area contributed by atoms with E-state index in [9.17, 15) is 57.9 Å². The summed E-state index contributed by atoms with van der Waals surface area (Å²) in [7, 11) is 0. The molecule has 0 radical (unpaired) electrons. The number of nitriles is 1. The molecule has 0 saturated heterocycles. The molecule has 0 amide bonds. The minimum atomic E-state index is -5.28. The zero-order valence-corrected chi connectivity index (χ0v) is 31.2. The molecule has 9 rings (SSSR count). The molecule has 0 spiro atoms. The summed E-state index contributed by atoms with van der Waals surface area (Å²) in [6.07, 6.45) is -19.8. The molecule has 0 aliphatic carbocycles. The molecule has 9 aromatic rings.